The highest BCUT2D eigenvalue weighted by Crippen LogP contribution is 2.33. The molecule has 9 nitrogen and oxygen atoms in total. The maximum atomic E-state index is 9.62. The van der Waals surface area contributed by atoms with Crippen molar-refractivity contribution >= 4 is 11.5 Å². The minimum absolute atomic E-state index is 0.209. The van der Waals surface area contributed by atoms with Gasteiger partial charge in [-0.3, -0.25) is 4.98 Å². The average Bonchev–Trinajstić information content (AvgIpc) is 3.24. The number of pyridine rings is 1. The molecule has 0 aliphatic carbocycles. The minimum atomic E-state index is 0.209. The van der Waals surface area contributed by atoms with Crippen LogP contribution in [-0.2, 0) is 6.42 Å². The predicted molar refractivity (Wildman–Crippen MR) is 113 cm³/mol. The van der Waals surface area contributed by atoms with Crippen molar-refractivity contribution < 1.29 is 0 Å². The van der Waals surface area contributed by atoms with Crippen molar-refractivity contribution in [2.75, 3.05) is 5.73 Å². The molecule has 5 rings (SSSR count). The third kappa shape index (κ3) is 3.32. The van der Waals surface area contributed by atoms with E-state index in [4.69, 9.17) is 5.73 Å². The molecule has 0 atom stereocenters. The molecule has 0 fully saturated rings. The van der Waals surface area contributed by atoms with Crippen LogP contribution in [0.15, 0.2) is 67.3 Å². The normalized spacial score (nSPS) is 10.8. The van der Waals surface area contributed by atoms with Gasteiger partial charge in [0.25, 0.3) is 0 Å². The minimum Gasteiger partial charge on any atom is -0.381 e. The highest BCUT2D eigenvalue weighted by molar-refractivity contribution is 5.83. The first-order valence-electron chi connectivity index (χ1n) is 9.45. The van der Waals surface area contributed by atoms with Gasteiger partial charge in [0.15, 0.2) is 17.3 Å². The molecule has 4 heterocycles. The molecule has 5 aromatic rings. The van der Waals surface area contributed by atoms with E-state index < -0.39 is 0 Å². The van der Waals surface area contributed by atoms with Gasteiger partial charge in [-0.25, -0.2) is 24.5 Å². The van der Waals surface area contributed by atoms with E-state index in [1.807, 2.05) is 30.3 Å². The SMILES string of the molecule is N#Cc1ccccc1-c1nc(N)c2nc(Cc3ccccn3)nn2c1-c1ccncn1. The Kier molecular flexibility index (Phi) is 4.50. The number of fused-ring (bicyclic) bond motifs is 1. The Labute approximate surface area is 176 Å². The summed E-state index contributed by atoms with van der Waals surface area (Å²) in [5.41, 5.74) is 10.3. The summed E-state index contributed by atoms with van der Waals surface area (Å²) in [6.07, 6.45) is 5.25. The number of aromatic nitrogens is 7. The lowest BCUT2D eigenvalue weighted by Gasteiger charge is -2.12. The van der Waals surface area contributed by atoms with E-state index in [0.29, 0.717) is 46.1 Å². The first kappa shape index (κ1) is 18.3. The summed E-state index contributed by atoms with van der Waals surface area (Å²) in [4.78, 5) is 21.9. The fourth-order valence-electron chi connectivity index (χ4n) is 3.38. The van der Waals surface area contributed by atoms with Crippen molar-refractivity contribution in [2.24, 2.45) is 0 Å². The van der Waals surface area contributed by atoms with Crippen LogP contribution in [0, 0.1) is 11.3 Å². The number of benzene rings is 1. The van der Waals surface area contributed by atoms with Crippen molar-refractivity contribution in [1.29, 1.82) is 5.26 Å². The van der Waals surface area contributed by atoms with Crippen molar-refractivity contribution in [3.8, 4) is 28.7 Å². The van der Waals surface area contributed by atoms with Gasteiger partial charge in [0.1, 0.15) is 17.7 Å². The topological polar surface area (TPSA) is 132 Å². The number of nitrogen functional groups attached to an aromatic ring is 1. The Hall–Kier alpha value is -4.71. The van der Waals surface area contributed by atoms with Crippen LogP contribution in [0.2, 0.25) is 0 Å². The summed E-state index contributed by atoms with van der Waals surface area (Å²) in [7, 11) is 0. The molecule has 148 valence electrons. The number of hydrogen-bond donors (Lipinski definition) is 1. The molecule has 31 heavy (non-hydrogen) atoms. The molecular formula is C22H15N9. The second-order valence-corrected chi connectivity index (χ2v) is 6.71. The lowest BCUT2D eigenvalue weighted by Crippen LogP contribution is -2.06. The van der Waals surface area contributed by atoms with E-state index in [1.165, 1.54) is 6.33 Å². The molecule has 9 heteroatoms. The van der Waals surface area contributed by atoms with Gasteiger partial charge in [-0.1, -0.05) is 24.3 Å². The lowest BCUT2D eigenvalue weighted by molar-refractivity contribution is 0.885. The Bertz CT molecular complexity index is 1420. The maximum absolute atomic E-state index is 9.62. The first-order chi connectivity index (χ1) is 15.2. The third-order valence-corrected chi connectivity index (χ3v) is 4.74. The molecule has 0 unspecified atom stereocenters. The van der Waals surface area contributed by atoms with Gasteiger partial charge in [0, 0.05) is 23.7 Å². The van der Waals surface area contributed by atoms with Gasteiger partial charge in [0.2, 0.25) is 0 Å². The summed E-state index contributed by atoms with van der Waals surface area (Å²) in [5, 5.41) is 14.3. The first-order valence-corrected chi connectivity index (χ1v) is 9.45. The van der Waals surface area contributed by atoms with Crippen molar-refractivity contribution in [3.63, 3.8) is 0 Å². The number of hydrogen-bond acceptors (Lipinski definition) is 8. The number of nitriles is 1. The van der Waals surface area contributed by atoms with Crippen LogP contribution in [0.4, 0.5) is 5.82 Å². The molecule has 0 aliphatic rings. The quantitative estimate of drug-likeness (QED) is 0.483. The van der Waals surface area contributed by atoms with Crippen LogP contribution in [0.1, 0.15) is 17.1 Å². The molecule has 0 amide bonds. The van der Waals surface area contributed by atoms with E-state index in [0.717, 1.165) is 5.69 Å². The lowest BCUT2D eigenvalue weighted by atomic mass is 10.0. The molecule has 0 radical (unpaired) electrons. The largest absolute Gasteiger partial charge is 0.381 e. The van der Waals surface area contributed by atoms with Crippen molar-refractivity contribution in [3.05, 3.63) is 84.3 Å². The van der Waals surface area contributed by atoms with E-state index in [9.17, 15) is 5.26 Å². The highest BCUT2D eigenvalue weighted by Gasteiger charge is 2.22. The average molecular weight is 405 g/mol. The van der Waals surface area contributed by atoms with Crippen LogP contribution >= 0.6 is 0 Å². The van der Waals surface area contributed by atoms with Crippen LogP contribution in [0.25, 0.3) is 28.3 Å². The summed E-state index contributed by atoms with van der Waals surface area (Å²) < 4.78 is 1.63. The molecule has 0 aliphatic heterocycles. The zero-order valence-corrected chi connectivity index (χ0v) is 16.2. The van der Waals surface area contributed by atoms with Crippen molar-refractivity contribution in [2.45, 2.75) is 6.42 Å². The Balaban J connectivity index is 1.79. The van der Waals surface area contributed by atoms with E-state index in [-0.39, 0.29) is 5.82 Å². The fourth-order valence-corrected chi connectivity index (χ4v) is 3.38. The van der Waals surface area contributed by atoms with Crippen molar-refractivity contribution in [1.82, 2.24) is 34.5 Å². The van der Waals surface area contributed by atoms with Crippen LogP contribution in [-0.4, -0.2) is 34.5 Å². The van der Waals surface area contributed by atoms with Gasteiger partial charge < -0.3 is 5.73 Å². The van der Waals surface area contributed by atoms with Crippen LogP contribution < -0.4 is 5.73 Å². The number of nitrogens with two attached hydrogens (primary N) is 1. The second kappa shape index (κ2) is 7.61. The molecule has 0 saturated heterocycles. The summed E-state index contributed by atoms with van der Waals surface area (Å²) in [6.45, 7) is 0. The van der Waals surface area contributed by atoms with Gasteiger partial charge in [-0.05, 0) is 24.3 Å². The van der Waals surface area contributed by atoms with Crippen LogP contribution in [0.3, 0.4) is 0 Å². The molecule has 0 bridgehead atoms. The summed E-state index contributed by atoms with van der Waals surface area (Å²) in [5.74, 6) is 0.758. The number of anilines is 1. The summed E-state index contributed by atoms with van der Waals surface area (Å²) >= 11 is 0. The smallest absolute Gasteiger partial charge is 0.198 e. The second-order valence-electron chi connectivity index (χ2n) is 6.71. The van der Waals surface area contributed by atoms with Crippen LogP contribution in [0.5, 0.6) is 0 Å². The summed E-state index contributed by atoms with van der Waals surface area (Å²) in [6, 6.07) is 16.8. The van der Waals surface area contributed by atoms with E-state index in [2.05, 4.69) is 36.1 Å². The Morgan fingerprint density at radius 2 is 1.84 bits per heavy atom. The highest BCUT2D eigenvalue weighted by atomic mass is 15.3. The number of nitrogens with zero attached hydrogens (tertiary/aromatic N) is 8. The molecule has 4 aromatic heterocycles. The molecule has 2 N–H and O–H groups in total. The van der Waals surface area contributed by atoms with Gasteiger partial charge >= 0.3 is 0 Å². The monoisotopic (exact) mass is 405 g/mol. The zero-order valence-electron chi connectivity index (χ0n) is 16.2. The third-order valence-electron chi connectivity index (χ3n) is 4.74. The fraction of sp³-hybridized carbons (Fsp3) is 0.0455. The molecule has 1 aromatic carbocycles. The van der Waals surface area contributed by atoms with Gasteiger partial charge in [-0.15, -0.1) is 0 Å². The molecule has 0 saturated carbocycles. The van der Waals surface area contributed by atoms with E-state index >= 15 is 0 Å². The van der Waals surface area contributed by atoms with E-state index in [1.54, 1.807) is 35.1 Å². The Morgan fingerprint density at radius 1 is 0.968 bits per heavy atom. The molecular weight excluding hydrogens is 390 g/mol. The predicted octanol–water partition coefficient (Wildman–Crippen LogP) is 2.69. The zero-order chi connectivity index (χ0) is 21.2. The van der Waals surface area contributed by atoms with Gasteiger partial charge in [-0.2, -0.15) is 10.4 Å². The molecule has 0 spiro atoms. The van der Waals surface area contributed by atoms with Gasteiger partial charge in [0.05, 0.1) is 23.7 Å². The Morgan fingerprint density at radius 3 is 2.61 bits per heavy atom. The number of rotatable bonds is 4. The maximum Gasteiger partial charge on any atom is 0.198 e. The standard InChI is InChI=1S/C22H15N9/c23-12-14-5-1-2-7-16(14)19-20(17-8-10-25-13-27-17)31-22(21(24)29-19)28-18(30-31)11-15-6-3-4-9-26-15/h1-10,13H,11H2,(H2,24,29).